The maximum atomic E-state index is 14.1. The maximum absolute atomic E-state index is 14.1. The Hall–Kier alpha value is -3.12. The van der Waals surface area contributed by atoms with Crippen molar-refractivity contribution in [3.8, 4) is 11.8 Å². The molecule has 0 atom stereocenters. The van der Waals surface area contributed by atoms with Crippen molar-refractivity contribution in [3.63, 3.8) is 0 Å². The summed E-state index contributed by atoms with van der Waals surface area (Å²) in [6.07, 6.45) is 1.76. The molecule has 0 spiro atoms. The molecule has 0 unspecified atom stereocenters. The van der Waals surface area contributed by atoms with Gasteiger partial charge in [0.15, 0.2) is 0 Å². The lowest BCUT2D eigenvalue weighted by Crippen LogP contribution is -1.99. The SMILES string of the molecule is Cc1cc(/C=C(/C#N)c2ccccc2F)c(C)n1-c1ccc(C(C)C)cc1. The molecule has 3 aromatic rings. The van der Waals surface area contributed by atoms with Gasteiger partial charge in [0.1, 0.15) is 5.82 Å². The molecule has 27 heavy (non-hydrogen) atoms. The van der Waals surface area contributed by atoms with Crippen molar-refractivity contribution < 1.29 is 4.39 Å². The Balaban J connectivity index is 2.05. The molecule has 0 aliphatic heterocycles. The maximum Gasteiger partial charge on any atom is 0.131 e. The third-order valence-electron chi connectivity index (χ3n) is 4.87. The molecule has 1 heterocycles. The fourth-order valence-corrected chi connectivity index (χ4v) is 3.34. The van der Waals surface area contributed by atoms with Crippen LogP contribution in [0.15, 0.2) is 54.6 Å². The van der Waals surface area contributed by atoms with Crippen LogP contribution in [0.4, 0.5) is 4.39 Å². The molecule has 0 fully saturated rings. The summed E-state index contributed by atoms with van der Waals surface area (Å²) in [6.45, 7) is 8.41. The zero-order valence-corrected chi connectivity index (χ0v) is 16.1. The molecule has 1 aromatic heterocycles. The number of nitrogens with zero attached hydrogens (tertiary/aromatic N) is 2. The Bertz CT molecular complexity index is 1030. The Morgan fingerprint density at radius 3 is 2.33 bits per heavy atom. The van der Waals surface area contributed by atoms with Gasteiger partial charge in [0.25, 0.3) is 0 Å². The highest BCUT2D eigenvalue weighted by Gasteiger charge is 2.13. The van der Waals surface area contributed by atoms with E-state index in [9.17, 15) is 9.65 Å². The molecule has 2 aromatic carbocycles. The van der Waals surface area contributed by atoms with Crippen LogP contribution < -0.4 is 0 Å². The predicted molar refractivity (Wildman–Crippen MR) is 109 cm³/mol. The summed E-state index contributed by atoms with van der Waals surface area (Å²) in [7, 11) is 0. The first kappa shape index (κ1) is 18.7. The normalized spacial score (nSPS) is 11.7. The van der Waals surface area contributed by atoms with Crippen LogP contribution in [-0.4, -0.2) is 4.57 Å². The molecule has 3 heteroatoms. The highest BCUT2D eigenvalue weighted by molar-refractivity contribution is 5.90. The van der Waals surface area contributed by atoms with E-state index in [-0.39, 0.29) is 5.82 Å². The van der Waals surface area contributed by atoms with Crippen LogP contribution >= 0.6 is 0 Å². The van der Waals surface area contributed by atoms with Crippen molar-refractivity contribution in [2.75, 3.05) is 0 Å². The molecule has 0 N–H and O–H groups in total. The molecular weight excluding hydrogens is 335 g/mol. The Kier molecular flexibility index (Phi) is 5.28. The Morgan fingerprint density at radius 1 is 1.07 bits per heavy atom. The zero-order chi connectivity index (χ0) is 19.6. The summed E-state index contributed by atoms with van der Waals surface area (Å²) >= 11 is 0. The van der Waals surface area contributed by atoms with Crippen LogP contribution in [0, 0.1) is 31.0 Å². The van der Waals surface area contributed by atoms with Gasteiger partial charge in [-0.1, -0.05) is 44.2 Å². The van der Waals surface area contributed by atoms with Gasteiger partial charge in [-0.2, -0.15) is 5.26 Å². The van der Waals surface area contributed by atoms with Crippen LogP contribution in [-0.2, 0) is 0 Å². The fraction of sp³-hybridized carbons (Fsp3) is 0.208. The van der Waals surface area contributed by atoms with Gasteiger partial charge in [-0.15, -0.1) is 0 Å². The van der Waals surface area contributed by atoms with E-state index in [1.165, 1.54) is 11.6 Å². The molecule has 0 saturated carbocycles. The standard InChI is InChI=1S/C24H23FN2/c1-16(2)19-9-11-22(12-10-19)27-17(3)13-20(18(27)4)14-21(15-26)23-7-5-6-8-24(23)25/h5-14,16H,1-4H3/b21-14-. The van der Waals surface area contributed by atoms with Gasteiger partial charge in [0.05, 0.1) is 11.6 Å². The van der Waals surface area contributed by atoms with Crippen LogP contribution in [0.3, 0.4) is 0 Å². The second-order valence-electron chi connectivity index (χ2n) is 7.06. The number of hydrogen-bond acceptors (Lipinski definition) is 1. The summed E-state index contributed by atoms with van der Waals surface area (Å²) in [5.74, 6) is 0.103. The topological polar surface area (TPSA) is 28.7 Å². The second kappa shape index (κ2) is 7.63. The van der Waals surface area contributed by atoms with Crippen LogP contribution in [0.1, 0.15) is 47.8 Å². The molecule has 0 bridgehead atoms. The van der Waals surface area contributed by atoms with E-state index in [0.717, 1.165) is 22.6 Å². The molecular formula is C24H23FN2. The van der Waals surface area contributed by atoms with Gasteiger partial charge in [-0.25, -0.2) is 4.39 Å². The van der Waals surface area contributed by atoms with Gasteiger partial charge in [-0.05, 0) is 61.2 Å². The van der Waals surface area contributed by atoms with Gasteiger partial charge in [-0.3, -0.25) is 0 Å². The third kappa shape index (κ3) is 3.71. The van der Waals surface area contributed by atoms with Crippen molar-refractivity contribution in [1.82, 2.24) is 4.57 Å². The number of allylic oxidation sites excluding steroid dienone is 1. The molecule has 136 valence electrons. The molecule has 2 nitrogen and oxygen atoms in total. The Morgan fingerprint density at radius 2 is 1.74 bits per heavy atom. The monoisotopic (exact) mass is 358 g/mol. The largest absolute Gasteiger partial charge is 0.318 e. The van der Waals surface area contributed by atoms with Gasteiger partial charge in [0, 0.05) is 22.6 Å². The molecule has 0 aliphatic rings. The lowest BCUT2D eigenvalue weighted by molar-refractivity contribution is 0.624. The number of aryl methyl sites for hydroxylation is 1. The van der Waals surface area contributed by atoms with Crippen LogP contribution in [0.25, 0.3) is 17.3 Å². The quantitative estimate of drug-likeness (QED) is 0.495. The highest BCUT2D eigenvalue weighted by Crippen LogP contribution is 2.27. The number of rotatable bonds is 4. The number of benzene rings is 2. The molecule has 0 saturated heterocycles. The van der Waals surface area contributed by atoms with Crippen molar-refractivity contribution in [3.05, 3.63) is 88.5 Å². The molecule has 0 radical (unpaired) electrons. The van der Waals surface area contributed by atoms with Gasteiger partial charge in [0.2, 0.25) is 0 Å². The fourth-order valence-electron chi connectivity index (χ4n) is 3.34. The second-order valence-corrected chi connectivity index (χ2v) is 7.06. The lowest BCUT2D eigenvalue weighted by Gasteiger charge is -2.12. The first-order chi connectivity index (χ1) is 12.9. The minimum absolute atomic E-state index is 0.323. The number of aromatic nitrogens is 1. The van der Waals surface area contributed by atoms with Crippen LogP contribution in [0.5, 0.6) is 0 Å². The number of nitriles is 1. The Labute approximate surface area is 160 Å². The van der Waals surface area contributed by atoms with Crippen molar-refractivity contribution in [2.45, 2.75) is 33.6 Å². The summed E-state index contributed by atoms with van der Waals surface area (Å²) in [5.41, 5.74) is 6.04. The highest BCUT2D eigenvalue weighted by atomic mass is 19.1. The first-order valence-corrected chi connectivity index (χ1v) is 9.08. The smallest absolute Gasteiger partial charge is 0.131 e. The molecule has 3 rings (SSSR count). The third-order valence-corrected chi connectivity index (χ3v) is 4.87. The van der Waals surface area contributed by atoms with Crippen molar-refractivity contribution in [1.29, 1.82) is 5.26 Å². The first-order valence-electron chi connectivity index (χ1n) is 9.08. The summed E-state index contributed by atoms with van der Waals surface area (Å²) in [6, 6.07) is 19.1. The summed E-state index contributed by atoms with van der Waals surface area (Å²) in [4.78, 5) is 0. The molecule has 0 amide bonds. The average molecular weight is 358 g/mol. The average Bonchev–Trinajstić information content (AvgIpc) is 2.93. The van der Waals surface area contributed by atoms with E-state index < -0.39 is 0 Å². The van der Waals surface area contributed by atoms with E-state index in [1.807, 2.05) is 19.9 Å². The van der Waals surface area contributed by atoms with E-state index in [0.29, 0.717) is 17.1 Å². The summed E-state index contributed by atoms with van der Waals surface area (Å²) in [5, 5.41) is 9.54. The van der Waals surface area contributed by atoms with Gasteiger partial charge >= 0.3 is 0 Å². The zero-order valence-electron chi connectivity index (χ0n) is 16.1. The minimum atomic E-state index is -0.386. The van der Waals surface area contributed by atoms with Gasteiger partial charge < -0.3 is 4.57 Å². The molecule has 0 aliphatic carbocycles. The predicted octanol–water partition coefficient (Wildman–Crippen LogP) is 6.42. The minimum Gasteiger partial charge on any atom is -0.318 e. The summed E-state index contributed by atoms with van der Waals surface area (Å²) < 4.78 is 16.2. The van der Waals surface area contributed by atoms with E-state index in [2.05, 4.69) is 48.7 Å². The number of halogens is 1. The lowest BCUT2D eigenvalue weighted by atomic mass is 10.0. The van der Waals surface area contributed by atoms with Crippen LogP contribution in [0.2, 0.25) is 0 Å². The van der Waals surface area contributed by atoms with E-state index in [4.69, 9.17) is 0 Å². The van der Waals surface area contributed by atoms with E-state index >= 15 is 0 Å². The van der Waals surface area contributed by atoms with E-state index in [1.54, 1.807) is 24.3 Å². The van der Waals surface area contributed by atoms with Crippen molar-refractivity contribution >= 4 is 11.6 Å². The number of hydrogen-bond donors (Lipinski definition) is 0. The van der Waals surface area contributed by atoms with Crippen molar-refractivity contribution in [2.24, 2.45) is 0 Å².